The Morgan fingerprint density at radius 2 is 1.82 bits per heavy atom. The number of aromatic nitrogens is 3. The van der Waals surface area contributed by atoms with E-state index in [-0.39, 0.29) is 29.1 Å². The average molecular weight is 464 g/mol. The Hall–Kier alpha value is -3.39. The van der Waals surface area contributed by atoms with Crippen LogP contribution in [0.15, 0.2) is 36.4 Å². The summed E-state index contributed by atoms with van der Waals surface area (Å²) in [6.45, 7) is 8.35. The fourth-order valence-electron chi connectivity index (χ4n) is 4.53. The van der Waals surface area contributed by atoms with E-state index in [1.54, 1.807) is 10.6 Å². The molecule has 8 nitrogen and oxygen atoms in total. The van der Waals surface area contributed by atoms with Gasteiger partial charge in [-0.1, -0.05) is 26.0 Å². The van der Waals surface area contributed by atoms with Crippen LogP contribution in [0.1, 0.15) is 61.3 Å². The van der Waals surface area contributed by atoms with Crippen molar-refractivity contribution in [2.75, 3.05) is 19.6 Å². The molecular formula is C26H33N5O3. The maximum absolute atomic E-state index is 12.8. The number of amides is 1. The van der Waals surface area contributed by atoms with E-state index < -0.39 is 0 Å². The second kappa shape index (κ2) is 10.3. The van der Waals surface area contributed by atoms with Crippen molar-refractivity contribution in [3.63, 3.8) is 0 Å². The standard InChI is InChI=1S/C26H33N5O3/c1-4-28-26(34)25-30-29-24(21-14-20(16(2)3)22(32)15-23(21)33)31(25)19-7-5-17(6-8-19)13-18-9-11-27-12-10-18/h5-8,14-16,18,27,32-33H,4,9-13H2,1-3H3,(H,28,34). The Morgan fingerprint density at radius 1 is 1.12 bits per heavy atom. The van der Waals surface area contributed by atoms with Gasteiger partial charge in [0.25, 0.3) is 5.91 Å². The van der Waals surface area contributed by atoms with Crippen molar-refractivity contribution in [3.8, 4) is 28.6 Å². The highest BCUT2D eigenvalue weighted by Gasteiger charge is 2.24. The molecule has 1 fully saturated rings. The number of hydrogen-bond acceptors (Lipinski definition) is 6. The quantitative estimate of drug-likeness (QED) is 0.424. The SMILES string of the molecule is CCNC(=O)c1nnc(-c2cc(C(C)C)c(O)cc2O)n1-c1ccc(CC2CCNCC2)cc1. The van der Waals surface area contributed by atoms with E-state index in [0.29, 0.717) is 29.4 Å². The summed E-state index contributed by atoms with van der Waals surface area (Å²) in [5.74, 6) is 0.740. The first kappa shape index (κ1) is 23.8. The average Bonchev–Trinajstić information content (AvgIpc) is 3.25. The molecule has 1 aromatic heterocycles. The molecule has 2 heterocycles. The van der Waals surface area contributed by atoms with Crippen LogP contribution in [0.4, 0.5) is 0 Å². The van der Waals surface area contributed by atoms with E-state index in [2.05, 4.69) is 33.0 Å². The number of nitrogens with zero attached hydrogens (tertiary/aromatic N) is 3. The number of phenolic OH excluding ortho intramolecular Hbond substituents is 2. The first-order valence-corrected chi connectivity index (χ1v) is 12.0. The Morgan fingerprint density at radius 3 is 2.47 bits per heavy atom. The third-order valence-electron chi connectivity index (χ3n) is 6.39. The lowest BCUT2D eigenvalue weighted by Crippen LogP contribution is -2.28. The molecular weight excluding hydrogens is 430 g/mol. The minimum absolute atomic E-state index is 0.0218. The summed E-state index contributed by atoms with van der Waals surface area (Å²) >= 11 is 0. The summed E-state index contributed by atoms with van der Waals surface area (Å²) in [5.41, 5.74) is 3.07. The molecule has 180 valence electrons. The topological polar surface area (TPSA) is 112 Å². The Balaban J connectivity index is 1.76. The first-order valence-electron chi connectivity index (χ1n) is 12.0. The fourth-order valence-corrected chi connectivity index (χ4v) is 4.53. The fraction of sp³-hybridized carbons (Fsp3) is 0.423. The zero-order chi connectivity index (χ0) is 24.2. The summed E-state index contributed by atoms with van der Waals surface area (Å²) in [6.07, 6.45) is 3.38. The van der Waals surface area contributed by atoms with Gasteiger partial charge in [0.2, 0.25) is 5.82 Å². The molecule has 2 aromatic carbocycles. The second-order valence-corrected chi connectivity index (χ2v) is 9.19. The van der Waals surface area contributed by atoms with Gasteiger partial charge in [-0.2, -0.15) is 0 Å². The zero-order valence-electron chi connectivity index (χ0n) is 20.0. The normalized spacial score (nSPS) is 14.5. The molecule has 1 aliphatic heterocycles. The molecule has 0 saturated carbocycles. The highest BCUT2D eigenvalue weighted by Crippen LogP contribution is 2.38. The van der Waals surface area contributed by atoms with Crippen LogP contribution in [0.3, 0.4) is 0 Å². The van der Waals surface area contributed by atoms with Crippen molar-refractivity contribution in [2.24, 2.45) is 5.92 Å². The lowest BCUT2D eigenvalue weighted by atomic mass is 9.91. The van der Waals surface area contributed by atoms with Crippen LogP contribution >= 0.6 is 0 Å². The van der Waals surface area contributed by atoms with Gasteiger partial charge in [-0.25, -0.2) is 0 Å². The molecule has 0 spiro atoms. The number of carbonyl (C=O) groups is 1. The third kappa shape index (κ3) is 4.92. The number of aromatic hydroxyl groups is 2. The van der Waals surface area contributed by atoms with Gasteiger partial charge in [0.15, 0.2) is 5.82 Å². The van der Waals surface area contributed by atoms with E-state index in [4.69, 9.17) is 0 Å². The summed E-state index contributed by atoms with van der Waals surface area (Å²) in [4.78, 5) is 12.8. The number of hydrogen-bond donors (Lipinski definition) is 4. The molecule has 34 heavy (non-hydrogen) atoms. The van der Waals surface area contributed by atoms with Gasteiger partial charge in [-0.15, -0.1) is 10.2 Å². The van der Waals surface area contributed by atoms with E-state index in [0.717, 1.165) is 25.2 Å². The van der Waals surface area contributed by atoms with Crippen molar-refractivity contribution >= 4 is 5.91 Å². The third-order valence-corrected chi connectivity index (χ3v) is 6.39. The van der Waals surface area contributed by atoms with E-state index in [1.165, 1.54) is 24.5 Å². The van der Waals surface area contributed by atoms with Crippen LogP contribution in [0.2, 0.25) is 0 Å². The van der Waals surface area contributed by atoms with Gasteiger partial charge in [0.05, 0.1) is 5.56 Å². The second-order valence-electron chi connectivity index (χ2n) is 9.19. The van der Waals surface area contributed by atoms with Crippen molar-refractivity contribution in [1.29, 1.82) is 0 Å². The van der Waals surface area contributed by atoms with Crippen molar-refractivity contribution in [2.45, 2.75) is 46.0 Å². The number of benzene rings is 2. The van der Waals surface area contributed by atoms with Gasteiger partial charge in [0.1, 0.15) is 11.5 Å². The lowest BCUT2D eigenvalue weighted by molar-refractivity contribution is 0.0943. The minimum Gasteiger partial charge on any atom is -0.508 e. The first-order chi connectivity index (χ1) is 16.4. The van der Waals surface area contributed by atoms with Gasteiger partial charge >= 0.3 is 0 Å². The molecule has 0 radical (unpaired) electrons. The Labute approximate surface area is 200 Å². The number of piperidine rings is 1. The van der Waals surface area contributed by atoms with Gasteiger partial charge in [-0.3, -0.25) is 9.36 Å². The van der Waals surface area contributed by atoms with Crippen molar-refractivity contribution in [1.82, 2.24) is 25.4 Å². The van der Waals surface area contributed by atoms with Gasteiger partial charge < -0.3 is 20.8 Å². The number of phenols is 2. The summed E-state index contributed by atoms with van der Waals surface area (Å²) in [6, 6.07) is 11.1. The number of carbonyl (C=O) groups excluding carboxylic acids is 1. The van der Waals surface area contributed by atoms with Crippen LogP contribution in [0, 0.1) is 5.92 Å². The van der Waals surface area contributed by atoms with E-state index >= 15 is 0 Å². The summed E-state index contributed by atoms with van der Waals surface area (Å²) in [7, 11) is 0. The molecule has 1 aliphatic rings. The predicted octanol–water partition coefficient (Wildman–Crippen LogP) is 3.76. The van der Waals surface area contributed by atoms with Crippen LogP contribution in [0.25, 0.3) is 17.1 Å². The number of nitrogens with one attached hydrogen (secondary N) is 2. The molecule has 4 N–H and O–H groups in total. The van der Waals surface area contributed by atoms with Crippen LogP contribution in [-0.4, -0.2) is 50.5 Å². The Kier molecular flexibility index (Phi) is 7.17. The van der Waals surface area contributed by atoms with Gasteiger partial charge in [0, 0.05) is 18.3 Å². The minimum atomic E-state index is -0.345. The molecule has 0 atom stereocenters. The van der Waals surface area contributed by atoms with E-state index in [1.807, 2.05) is 32.9 Å². The largest absolute Gasteiger partial charge is 0.508 e. The molecule has 8 heteroatoms. The molecule has 0 aliphatic carbocycles. The molecule has 0 bridgehead atoms. The van der Waals surface area contributed by atoms with Crippen molar-refractivity contribution in [3.05, 3.63) is 53.3 Å². The Bertz CT molecular complexity index is 1150. The zero-order valence-corrected chi connectivity index (χ0v) is 20.0. The molecule has 3 aromatic rings. The van der Waals surface area contributed by atoms with Gasteiger partial charge in [-0.05, 0) is 80.4 Å². The highest BCUT2D eigenvalue weighted by molar-refractivity contribution is 5.92. The maximum Gasteiger partial charge on any atom is 0.289 e. The van der Waals surface area contributed by atoms with E-state index in [9.17, 15) is 15.0 Å². The maximum atomic E-state index is 12.8. The summed E-state index contributed by atoms with van der Waals surface area (Å²) in [5, 5.41) is 35.6. The smallest absolute Gasteiger partial charge is 0.289 e. The number of rotatable bonds is 7. The van der Waals surface area contributed by atoms with Crippen LogP contribution in [0.5, 0.6) is 11.5 Å². The van der Waals surface area contributed by atoms with Crippen LogP contribution in [-0.2, 0) is 6.42 Å². The molecule has 1 saturated heterocycles. The van der Waals surface area contributed by atoms with Crippen LogP contribution < -0.4 is 10.6 Å². The predicted molar refractivity (Wildman–Crippen MR) is 132 cm³/mol. The highest BCUT2D eigenvalue weighted by atomic mass is 16.3. The lowest BCUT2D eigenvalue weighted by Gasteiger charge is -2.22. The molecule has 1 amide bonds. The summed E-state index contributed by atoms with van der Waals surface area (Å²) < 4.78 is 1.66. The molecule has 4 rings (SSSR count). The molecule has 0 unspecified atom stereocenters. The monoisotopic (exact) mass is 463 g/mol. The van der Waals surface area contributed by atoms with Crippen molar-refractivity contribution < 1.29 is 15.0 Å².